The molecule has 3 amide bonds. The molecule has 2 aliphatic rings. The van der Waals surface area contributed by atoms with Crippen LogP contribution in [0.15, 0.2) is 48.5 Å². The molecule has 0 spiro atoms. The molecule has 168 valence electrons. The van der Waals surface area contributed by atoms with E-state index < -0.39 is 6.09 Å². The maximum absolute atomic E-state index is 12.7. The van der Waals surface area contributed by atoms with Crippen molar-refractivity contribution in [1.29, 1.82) is 0 Å². The second kappa shape index (κ2) is 9.02. The van der Waals surface area contributed by atoms with Crippen LogP contribution in [0.2, 0.25) is 0 Å². The van der Waals surface area contributed by atoms with Gasteiger partial charge in [0.05, 0.1) is 6.04 Å². The number of ether oxygens (including phenoxy) is 1. The summed E-state index contributed by atoms with van der Waals surface area (Å²) in [5.74, 6) is 0.116. The molecule has 4 rings (SSSR count). The van der Waals surface area contributed by atoms with Crippen LogP contribution >= 0.6 is 0 Å². The lowest BCUT2D eigenvalue weighted by atomic mass is 9.79. The van der Waals surface area contributed by atoms with Gasteiger partial charge in [-0.1, -0.05) is 37.3 Å². The van der Waals surface area contributed by atoms with Gasteiger partial charge in [-0.05, 0) is 48.1 Å². The van der Waals surface area contributed by atoms with Gasteiger partial charge < -0.3 is 20.3 Å². The zero-order valence-corrected chi connectivity index (χ0v) is 18.6. The van der Waals surface area contributed by atoms with E-state index in [1.807, 2.05) is 41.3 Å². The van der Waals surface area contributed by atoms with Gasteiger partial charge in [0.1, 0.15) is 6.61 Å². The number of carbonyl (C=O) groups is 3. The summed E-state index contributed by atoms with van der Waals surface area (Å²) in [6.07, 6.45) is 1.61. The Morgan fingerprint density at radius 1 is 1.09 bits per heavy atom. The fraction of sp³-hybridized carbons (Fsp3) is 0.400. The molecule has 2 unspecified atom stereocenters. The number of rotatable bonds is 5. The first-order valence-corrected chi connectivity index (χ1v) is 11.0. The predicted molar refractivity (Wildman–Crippen MR) is 121 cm³/mol. The Morgan fingerprint density at radius 3 is 2.44 bits per heavy atom. The Morgan fingerprint density at radius 2 is 1.81 bits per heavy atom. The summed E-state index contributed by atoms with van der Waals surface area (Å²) in [7, 11) is 1.58. The van der Waals surface area contributed by atoms with Gasteiger partial charge in [-0.15, -0.1) is 0 Å². The summed E-state index contributed by atoms with van der Waals surface area (Å²) in [4.78, 5) is 39.5. The van der Waals surface area contributed by atoms with Crippen molar-refractivity contribution in [2.45, 2.75) is 45.4 Å². The normalized spacial score (nSPS) is 22.0. The highest BCUT2D eigenvalue weighted by atomic mass is 16.5. The van der Waals surface area contributed by atoms with Gasteiger partial charge >= 0.3 is 6.09 Å². The predicted octanol–water partition coefficient (Wildman–Crippen LogP) is 3.79. The number of hydrogen-bond acceptors (Lipinski definition) is 4. The molecule has 1 fully saturated rings. The second-order valence-corrected chi connectivity index (χ2v) is 8.61. The monoisotopic (exact) mass is 435 g/mol. The molecular formula is C25H29N3O4. The van der Waals surface area contributed by atoms with Crippen molar-refractivity contribution >= 4 is 23.6 Å². The standard InChI is InChI=1S/C25H29N3O4/c1-15-22(27-25(31)32-14-17-7-5-4-6-8-17)20-13-19(24(30)26-3)11-12-21(20)28(16(2)29)23(15)18-9-10-18/h4-8,11-13,15,18,22-23H,9-10,14H2,1-3H3,(H,26,30)(H,27,31)/t15-,22?,23?/m1/s1. The summed E-state index contributed by atoms with van der Waals surface area (Å²) >= 11 is 0. The minimum absolute atomic E-state index is 0.00900. The number of nitrogens with one attached hydrogen (secondary N) is 2. The van der Waals surface area contributed by atoms with E-state index in [0.717, 1.165) is 29.7 Å². The molecule has 2 aromatic rings. The molecule has 0 aromatic heterocycles. The van der Waals surface area contributed by atoms with Crippen molar-refractivity contribution in [1.82, 2.24) is 10.6 Å². The SMILES string of the molecule is CNC(=O)c1ccc2c(c1)C(NC(=O)OCc1ccccc1)[C@@H](C)C(C1CC1)N2C(C)=O. The Bertz CT molecular complexity index is 1020. The van der Waals surface area contributed by atoms with Crippen molar-refractivity contribution in [2.24, 2.45) is 11.8 Å². The minimum atomic E-state index is -0.521. The van der Waals surface area contributed by atoms with E-state index in [4.69, 9.17) is 4.74 Å². The number of benzene rings is 2. The van der Waals surface area contributed by atoms with E-state index >= 15 is 0 Å². The van der Waals surface area contributed by atoms with Gasteiger partial charge in [0.25, 0.3) is 5.91 Å². The molecule has 0 radical (unpaired) electrons. The number of nitrogens with zero attached hydrogens (tertiary/aromatic N) is 1. The average Bonchev–Trinajstić information content (AvgIpc) is 3.64. The van der Waals surface area contributed by atoms with Gasteiger partial charge in [0, 0.05) is 37.2 Å². The number of carbonyl (C=O) groups excluding carboxylic acids is 3. The van der Waals surface area contributed by atoms with Crippen molar-refractivity contribution in [3.8, 4) is 0 Å². The van der Waals surface area contributed by atoms with Gasteiger partial charge in [0.2, 0.25) is 5.91 Å². The number of anilines is 1. The first-order valence-electron chi connectivity index (χ1n) is 11.0. The largest absolute Gasteiger partial charge is 0.445 e. The third-order valence-corrected chi connectivity index (χ3v) is 6.40. The Kier molecular flexibility index (Phi) is 6.17. The maximum atomic E-state index is 12.7. The van der Waals surface area contributed by atoms with Crippen LogP contribution in [0.5, 0.6) is 0 Å². The van der Waals surface area contributed by atoms with E-state index in [0.29, 0.717) is 11.5 Å². The van der Waals surface area contributed by atoms with Crippen LogP contribution in [-0.4, -0.2) is 31.0 Å². The summed E-state index contributed by atoms with van der Waals surface area (Å²) in [5.41, 5.74) is 2.88. The molecule has 2 N–H and O–H groups in total. The van der Waals surface area contributed by atoms with E-state index in [2.05, 4.69) is 17.6 Å². The van der Waals surface area contributed by atoms with Gasteiger partial charge in [0.15, 0.2) is 0 Å². The van der Waals surface area contributed by atoms with Crippen LogP contribution in [0, 0.1) is 11.8 Å². The Hall–Kier alpha value is -3.35. The maximum Gasteiger partial charge on any atom is 0.407 e. The van der Waals surface area contributed by atoms with Crippen LogP contribution in [0.4, 0.5) is 10.5 Å². The zero-order chi connectivity index (χ0) is 22.8. The molecule has 1 heterocycles. The molecule has 0 bridgehead atoms. The van der Waals surface area contributed by atoms with Crippen molar-refractivity contribution in [3.05, 3.63) is 65.2 Å². The zero-order valence-electron chi connectivity index (χ0n) is 18.6. The van der Waals surface area contributed by atoms with Crippen molar-refractivity contribution in [3.63, 3.8) is 0 Å². The molecule has 3 atom stereocenters. The molecule has 1 aliphatic carbocycles. The summed E-state index contributed by atoms with van der Waals surface area (Å²) in [6, 6.07) is 14.4. The topological polar surface area (TPSA) is 87.7 Å². The lowest BCUT2D eigenvalue weighted by molar-refractivity contribution is -0.117. The van der Waals surface area contributed by atoms with E-state index in [-0.39, 0.29) is 36.4 Å². The fourth-order valence-electron chi connectivity index (χ4n) is 4.74. The van der Waals surface area contributed by atoms with Gasteiger partial charge in [-0.25, -0.2) is 4.79 Å². The highest BCUT2D eigenvalue weighted by Crippen LogP contribution is 2.49. The van der Waals surface area contributed by atoms with Crippen LogP contribution < -0.4 is 15.5 Å². The van der Waals surface area contributed by atoms with Gasteiger partial charge in [-0.3, -0.25) is 9.59 Å². The Balaban J connectivity index is 1.65. The lowest BCUT2D eigenvalue weighted by Crippen LogP contribution is -2.53. The average molecular weight is 436 g/mol. The third-order valence-electron chi connectivity index (χ3n) is 6.40. The van der Waals surface area contributed by atoms with Crippen molar-refractivity contribution in [2.75, 3.05) is 11.9 Å². The fourth-order valence-corrected chi connectivity index (χ4v) is 4.74. The quantitative estimate of drug-likeness (QED) is 0.748. The molecule has 1 saturated carbocycles. The third kappa shape index (κ3) is 4.33. The summed E-state index contributed by atoms with van der Waals surface area (Å²) in [5, 5.41) is 5.65. The first kappa shape index (κ1) is 21.9. The molecule has 7 nitrogen and oxygen atoms in total. The number of hydrogen-bond donors (Lipinski definition) is 2. The second-order valence-electron chi connectivity index (χ2n) is 8.61. The molecule has 32 heavy (non-hydrogen) atoms. The molecule has 7 heteroatoms. The first-order chi connectivity index (χ1) is 15.4. The summed E-state index contributed by atoms with van der Waals surface area (Å²) in [6.45, 7) is 3.79. The number of alkyl carbamates (subject to hydrolysis) is 1. The highest BCUT2D eigenvalue weighted by Gasteiger charge is 2.48. The van der Waals surface area contributed by atoms with Crippen LogP contribution in [-0.2, 0) is 16.1 Å². The van der Waals surface area contributed by atoms with Crippen LogP contribution in [0.1, 0.15) is 54.2 Å². The van der Waals surface area contributed by atoms with E-state index in [9.17, 15) is 14.4 Å². The number of fused-ring (bicyclic) bond motifs is 1. The van der Waals surface area contributed by atoms with Crippen molar-refractivity contribution < 1.29 is 19.1 Å². The molecular weight excluding hydrogens is 406 g/mol. The molecule has 2 aromatic carbocycles. The molecule has 0 saturated heterocycles. The van der Waals surface area contributed by atoms with Crippen LogP contribution in [0.3, 0.4) is 0 Å². The van der Waals surface area contributed by atoms with E-state index in [1.165, 1.54) is 0 Å². The minimum Gasteiger partial charge on any atom is -0.445 e. The lowest BCUT2D eigenvalue weighted by Gasteiger charge is -2.45. The Labute approximate surface area is 188 Å². The summed E-state index contributed by atoms with van der Waals surface area (Å²) < 4.78 is 5.47. The van der Waals surface area contributed by atoms with E-state index in [1.54, 1.807) is 26.1 Å². The number of amides is 3. The van der Waals surface area contributed by atoms with Gasteiger partial charge in [-0.2, -0.15) is 0 Å². The smallest absolute Gasteiger partial charge is 0.407 e. The highest BCUT2D eigenvalue weighted by molar-refractivity contribution is 5.98. The van der Waals surface area contributed by atoms with Crippen LogP contribution in [0.25, 0.3) is 0 Å². The molecule has 1 aliphatic heterocycles.